The molecule has 1 aliphatic heterocycles. The van der Waals surface area contributed by atoms with Gasteiger partial charge >= 0.3 is 0 Å². The molecular formula is C10H16N2S2. The van der Waals surface area contributed by atoms with Crippen LogP contribution in [0.1, 0.15) is 29.6 Å². The molecule has 14 heavy (non-hydrogen) atoms. The molecule has 2 heterocycles. The van der Waals surface area contributed by atoms with E-state index in [0.29, 0.717) is 6.04 Å². The summed E-state index contributed by atoms with van der Waals surface area (Å²) in [5.41, 5.74) is 1.23. The van der Waals surface area contributed by atoms with Crippen molar-refractivity contribution in [1.82, 2.24) is 10.3 Å². The van der Waals surface area contributed by atoms with E-state index in [2.05, 4.69) is 34.4 Å². The topological polar surface area (TPSA) is 24.9 Å². The van der Waals surface area contributed by atoms with Gasteiger partial charge in [0.25, 0.3) is 0 Å². The monoisotopic (exact) mass is 228 g/mol. The second-order valence-electron chi connectivity index (χ2n) is 3.61. The van der Waals surface area contributed by atoms with E-state index in [1.54, 1.807) is 11.3 Å². The number of thioether (sulfide) groups is 1. The third kappa shape index (κ3) is 2.12. The highest BCUT2D eigenvalue weighted by molar-refractivity contribution is 8.00. The molecule has 78 valence electrons. The molecule has 1 N–H and O–H groups in total. The smallest absolute Gasteiger partial charge is 0.0898 e. The van der Waals surface area contributed by atoms with Crippen LogP contribution in [0.3, 0.4) is 0 Å². The van der Waals surface area contributed by atoms with Crippen LogP contribution in [0.25, 0.3) is 0 Å². The Bertz CT molecular complexity index is 292. The Morgan fingerprint density at radius 3 is 3.00 bits per heavy atom. The van der Waals surface area contributed by atoms with Gasteiger partial charge < -0.3 is 5.32 Å². The van der Waals surface area contributed by atoms with E-state index in [-0.39, 0.29) is 0 Å². The van der Waals surface area contributed by atoms with Gasteiger partial charge in [0, 0.05) is 10.6 Å². The molecule has 2 rings (SSSR count). The number of hydrogen-bond donors (Lipinski definition) is 1. The van der Waals surface area contributed by atoms with E-state index in [1.165, 1.54) is 29.3 Å². The van der Waals surface area contributed by atoms with Gasteiger partial charge in [-0.2, -0.15) is 11.8 Å². The lowest BCUT2D eigenvalue weighted by molar-refractivity contribution is 0.541. The molecule has 1 fully saturated rings. The van der Waals surface area contributed by atoms with Gasteiger partial charge in [-0.1, -0.05) is 0 Å². The largest absolute Gasteiger partial charge is 0.311 e. The second kappa shape index (κ2) is 4.64. The van der Waals surface area contributed by atoms with Crippen molar-refractivity contribution in [2.24, 2.45) is 0 Å². The molecule has 1 aliphatic rings. The average Bonchev–Trinajstić information content (AvgIpc) is 2.79. The second-order valence-corrected chi connectivity index (χ2v) is 6.02. The van der Waals surface area contributed by atoms with E-state index >= 15 is 0 Å². The predicted molar refractivity (Wildman–Crippen MR) is 64.1 cm³/mol. The minimum atomic E-state index is 0.451. The standard InChI is InChI=1S/C10H16N2S2/c1-7-12-8(6-14-7)10(11-2)9-4-3-5-13-9/h6,9-11H,3-5H2,1-2H3. The van der Waals surface area contributed by atoms with Crippen molar-refractivity contribution >= 4 is 23.1 Å². The summed E-state index contributed by atoms with van der Waals surface area (Å²) in [6.45, 7) is 2.07. The molecule has 0 saturated carbocycles. The van der Waals surface area contributed by atoms with Crippen LogP contribution < -0.4 is 5.32 Å². The first-order valence-electron chi connectivity index (χ1n) is 5.02. The molecule has 0 aliphatic carbocycles. The third-order valence-electron chi connectivity index (χ3n) is 2.60. The number of rotatable bonds is 3. The van der Waals surface area contributed by atoms with Crippen LogP contribution in [0, 0.1) is 6.92 Å². The van der Waals surface area contributed by atoms with Gasteiger partial charge in [-0.15, -0.1) is 11.3 Å². The lowest BCUT2D eigenvalue weighted by atomic mass is 10.1. The molecule has 1 saturated heterocycles. The molecule has 4 heteroatoms. The summed E-state index contributed by atoms with van der Waals surface area (Å²) < 4.78 is 0. The maximum atomic E-state index is 4.57. The lowest BCUT2D eigenvalue weighted by Crippen LogP contribution is -2.26. The van der Waals surface area contributed by atoms with Crippen molar-refractivity contribution in [3.05, 3.63) is 16.1 Å². The highest BCUT2D eigenvalue weighted by atomic mass is 32.2. The van der Waals surface area contributed by atoms with E-state index in [0.717, 1.165) is 5.25 Å². The van der Waals surface area contributed by atoms with Crippen molar-refractivity contribution in [2.75, 3.05) is 12.8 Å². The molecule has 2 nitrogen and oxygen atoms in total. The van der Waals surface area contributed by atoms with Gasteiger partial charge in [0.1, 0.15) is 0 Å². The number of aromatic nitrogens is 1. The quantitative estimate of drug-likeness (QED) is 0.861. The third-order valence-corrected chi connectivity index (χ3v) is 4.86. The van der Waals surface area contributed by atoms with E-state index < -0.39 is 0 Å². The Hall–Kier alpha value is -0.0600. The number of hydrogen-bond acceptors (Lipinski definition) is 4. The van der Waals surface area contributed by atoms with Crippen LogP contribution in [0.15, 0.2) is 5.38 Å². The fourth-order valence-electron chi connectivity index (χ4n) is 1.91. The first-order chi connectivity index (χ1) is 6.81. The molecule has 0 amide bonds. The molecule has 1 aromatic heterocycles. The fraction of sp³-hybridized carbons (Fsp3) is 0.700. The van der Waals surface area contributed by atoms with Crippen molar-refractivity contribution in [3.8, 4) is 0 Å². The first kappa shape index (κ1) is 10.5. The summed E-state index contributed by atoms with van der Waals surface area (Å²) in [6, 6.07) is 0.451. The highest BCUT2D eigenvalue weighted by Gasteiger charge is 2.27. The zero-order chi connectivity index (χ0) is 9.97. The minimum Gasteiger partial charge on any atom is -0.311 e. The Morgan fingerprint density at radius 1 is 1.64 bits per heavy atom. The van der Waals surface area contributed by atoms with Gasteiger partial charge in [0.15, 0.2) is 0 Å². The van der Waals surface area contributed by atoms with Crippen molar-refractivity contribution in [3.63, 3.8) is 0 Å². The van der Waals surface area contributed by atoms with Crippen LogP contribution in [0.4, 0.5) is 0 Å². The maximum absolute atomic E-state index is 4.57. The summed E-state index contributed by atoms with van der Waals surface area (Å²) in [4.78, 5) is 4.57. The number of nitrogens with zero attached hydrogens (tertiary/aromatic N) is 1. The Kier molecular flexibility index (Phi) is 3.47. The van der Waals surface area contributed by atoms with Crippen molar-refractivity contribution in [2.45, 2.75) is 31.1 Å². The van der Waals surface area contributed by atoms with Gasteiger partial charge in [-0.3, -0.25) is 0 Å². The molecule has 1 aromatic rings. The normalized spacial score (nSPS) is 24.0. The molecule has 0 radical (unpaired) electrons. The summed E-state index contributed by atoms with van der Waals surface area (Å²) >= 11 is 3.83. The fourth-order valence-corrected chi connectivity index (χ4v) is 4.00. The van der Waals surface area contributed by atoms with Gasteiger partial charge in [-0.25, -0.2) is 4.98 Å². The number of nitrogens with one attached hydrogen (secondary N) is 1. The minimum absolute atomic E-state index is 0.451. The lowest BCUT2D eigenvalue weighted by Gasteiger charge is -2.20. The summed E-state index contributed by atoms with van der Waals surface area (Å²) in [6.07, 6.45) is 2.68. The van der Waals surface area contributed by atoms with Gasteiger partial charge in [0.2, 0.25) is 0 Å². The van der Waals surface area contributed by atoms with E-state index in [1.807, 2.05) is 7.05 Å². The highest BCUT2D eigenvalue weighted by Crippen LogP contribution is 2.35. The molecular weight excluding hydrogens is 212 g/mol. The van der Waals surface area contributed by atoms with Crippen molar-refractivity contribution in [1.29, 1.82) is 0 Å². The van der Waals surface area contributed by atoms with E-state index in [4.69, 9.17) is 0 Å². The molecule has 2 unspecified atom stereocenters. The van der Waals surface area contributed by atoms with Crippen molar-refractivity contribution < 1.29 is 0 Å². The average molecular weight is 228 g/mol. The maximum Gasteiger partial charge on any atom is 0.0898 e. The van der Waals surface area contributed by atoms with E-state index in [9.17, 15) is 0 Å². The first-order valence-corrected chi connectivity index (χ1v) is 6.95. The molecule has 0 bridgehead atoms. The van der Waals surface area contributed by atoms with Crippen LogP contribution in [-0.4, -0.2) is 23.0 Å². The van der Waals surface area contributed by atoms with Gasteiger partial charge in [-0.05, 0) is 32.6 Å². The summed E-state index contributed by atoms with van der Waals surface area (Å²) in [7, 11) is 2.04. The SMILES string of the molecule is CNC(c1csc(C)n1)C1CCCS1. The summed E-state index contributed by atoms with van der Waals surface area (Å²) in [5, 5.41) is 7.48. The van der Waals surface area contributed by atoms with Crippen LogP contribution >= 0.6 is 23.1 Å². The zero-order valence-electron chi connectivity index (χ0n) is 8.62. The summed E-state index contributed by atoms with van der Waals surface area (Å²) in [5.74, 6) is 1.31. The molecule has 2 atom stereocenters. The molecule has 0 spiro atoms. The predicted octanol–water partition coefficient (Wildman–Crippen LogP) is 2.61. The Balaban J connectivity index is 2.12. The van der Waals surface area contributed by atoms with Crippen LogP contribution in [0.2, 0.25) is 0 Å². The zero-order valence-corrected chi connectivity index (χ0v) is 10.3. The van der Waals surface area contributed by atoms with Crippen LogP contribution in [0.5, 0.6) is 0 Å². The molecule has 0 aromatic carbocycles. The Labute approximate surface area is 93.5 Å². The van der Waals surface area contributed by atoms with Crippen LogP contribution in [-0.2, 0) is 0 Å². The van der Waals surface area contributed by atoms with Gasteiger partial charge in [0.05, 0.1) is 16.7 Å². The number of aryl methyl sites for hydroxylation is 1. The Morgan fingerprint density at radius 2 is 2.50 bits per heavy atom. The number of thiazole rings is 1.